The molecule has 1 aromatic heterocycles. The molecule has 2 aromatic rings. The van der Waals surface area contributed by atoms with E-state index in [0.717, 1.165) is 18.6 Å². The van der Waals surface area contributed by atoms with E-state index >= 15 is 0 Å². The number of carbonyl (C=O) groups excluding carboxylic acids is 1. The fraction of sp³-hybridized carbons (Fsp3) is 0.308. The Kier molecular flexibility index (Phi) is 3.17. The smallest absolute Gasteiger partial charge is 0.254 e. The summed E-state index contributed by atoms with van der Waals surface area (Å²) in [7, 11) is 0. The Labute approximate surface area is 113 Å². The Balaban J connectivity index is 1.74. The van der Waals surface area contributed by atoms with Gasteiger partial charge in [-0.2, -0.15) is 15.0 Å². The number of hydrogen-bond acceptors (Lipinski definition) is 3. The van der Waals surface area contributed by atoms with E-state index < -0.39 is 11.6 Å². The van der Waals surface area contributed by atoms with Crippen LogP contribution in [-0.2, 0) is 0 Å². The first-order valence-electron chi connectivity index (χ1n) is 6.25. The number of aromatic nitrogens is 3. The van der Waals surface area contributed by atoms with Crippen LogP contribution in [0.4, 0.5) is 8.78 Å². The summed E-state index contributed by atoms with van der Waals surface area (Å²) in [5.41, 5.74) is 0.151. The van der Waals surface area contributed by atoms with Gasteiger partial charge < -0.3 is 4.90 Å². The summed E-state index contributed by atoms with van der Waals surface area (Å²) in [6.45, 7) is 1.01. The summed E-state index contributed by atoms with van der Waals surface area (Å²) in [6, 6.07) is 3.21. The molecule has 104 valence electrons. The Morgan fingerprint density at radius 2 is 1.95 bits per heavy atom. The third-order valence-corrected chi connectivity index (χ3v) is 3.38. The molecule has 1 aliphatic rings. The second-order valence-electron chi connectivity index (χ2n) is 4.67. The van der Waals surface area contributed by atoms with Crippen molar-refractivity contribution in [3.05, 3.63) is 47.8 Å². The highest BCUT2D eigenvalue weighted by Crippen LogP contribution is 2.22. The first-order valence-corrected chi connectivity index (χ1v) is 6.25. The Morgan fingerprint density at radius 1 is 1.20 bits per heavy atom. The molecule has 1 atom stereocenters. The molecule has 1 unspecified atom stereocenters. The van der Waals surface area contributed by atoms with E-state index in [1.807, 2.05) is 0 Å². The fourth-order valence-corrected chi connectivity index (χ4v) is 2.34. The molecule has 0 saturated carbocycles. The lowest BCUT2D eigenvalue weighted by Gasteiger charge is -2.16. The first-order chi connectivity index (χ1) is 9.65. The number of benzene rings is 1. The van der Waals surface area contributed by atoms with Gasteiger partial charge in [-0.05, 0) is 24.6 Å². The van der Waals surface area contributed by atoms with Gasteiger partial charge in [0.1, 0.15) is 0 Å². The number of halogens is 2. The molecule has 0 aliphatic carbocycles. The van der Waals surface area contributed by atoms with Crippen LogP contribution in [0.3, 0.4) is 0 Å². The molecule has 3 rings (SSSR count). The van der Waals surface area contributed by atoms with Gasteiger partial charge in [-0.3, -0.25) is 4.79 Å². The number of amides is 1. The summed E-state index contributed by atoms with van der Waals surface area (Å²) >= 11 is 0. The molecule has 0 radical (unpaired) electrons. The highest BCUT2D eigenvalue weighted by atomic mass is 19.2. The van der Waals surface area contributed by atoms with E-state index in [9.17, 15) is 13.6 Å². The van der Waals surface area contributed by atoms with E-state index in [1.54, 1.807) is 22.1 Å². The molecule has 1 aromatic carbocycles. The van der Waals surface area contributed by atoms with Crippen LogP contribution in [0.15, 0.2) is 30.6 Å². The molecule has 1 saturated heterocycles. The van der Waals surface area contributed by atoms with Gasteiger partial charge in [-0.15, -0.1) is 0 Å². The zero-order valence-corrected chi connectivity index (χ0v) is 10.5. The molecule has 2 heterocycles. The minimum Gasteiger partial charge on any atom is -0.336 e. The lowest BCUT2D eigenvalue weighted by molar-refractivity contribution is 0.0785. The Bertz CT molecular complexity index is 629. The van der Waals surface area contributed by atoms with E-state index in [0.29, 0.717) is 13.1 Å². The van der Waals surface area contributed by atoms with Crippen molar-refractivity contribution >= 4 is 5.91 Å². The summed E-state index contributed by atoms with van der Waals surface area (Å²) in [4.78, 5) is 15.4. The minimum atomic E-state index is -1.01. The predicted octanol–water partition coefficient (Wildman–Crippen LogP) is 1.64. The molecule has 0 spiro atoms. The van der Waals surface area contributed by atoms with Gasteiger partial charge in [0.25, 0.3) is 5.91 Å². The van der Waals surface area contributed by atoms with Crippen molar-refractivity contribution in [1.29, 1.82) is 0 Å². The van der Waals surface area contributed by atoms with Crippen LogP contribution in [0.5, 0.6) is 0 Å². The molecule has 5 nitrogen and oxygen atoms in total. The average Bonchev–Trinajstić information content (AvgIpc) is 3.11. The second-order valence-corrected chi connectivity index (χ2v) is 4.67. The van der Waals surface area contributed by atoms with Gasteiger partial charge in [0.2, 0.25) is 0 Å². The highest BCUT2D eigenvalue weighted by Gasteiger charge is 2.29. The van der Waals surface area contributed by atoms with E-state index in [2.05, 4.69) is 10.2 Å². The lowest BCUT2D eigenvalue weighted by Crippen LogP contribution is -2.29. The number of likely N-dealkylation sites (tertiary alicyclic amines) is 1. The largest absolute Gasteiger partial charge is 0.336 e. The van der Waals surface area contributed by atoms with Gasteiger partial charge in [-0.25, -0.2) is 8.78 Å². The van der Waals surface area contributed by atoms with Crippen molar-refractivity contribution in [3.63, 3.8) is 0 Å². The Hall–Kier alpha value is -2.31. The number of nitrogens with zero attached hydrogens (tertiary/aromatic N) is 4. The SMILES string of the molecule is O=C(c1ccc(F)c(F)c1)N1CCC(n2nccn2)C1. The maximum atomic E-state index is 13.2. The topological polar surface area (TPSA) is 51.0 Å². The van der Waals surface area contributed by atoms with Gasteiger partial charge in [0, 0.05) is 18.7 Å². The van der Waals surface area contributed by atoms with Crippen LogP contribution in [-0.4, -0.2) is 38.9 Å². The predicted molar refractivity (Wildman–Crippen MR) is 65.9 cm³/mol. The third kappa shape index (κ3) is 2.26. The van der Waals surface area contributed by atoms with E-state index in [4.69, 9.17) is 0 Å². The Morgan fingerprint density at radius 3 is 2.65 bits per heavy atom. The van der Waals surface area contributed by atoms with Crippen LogP contribution in [0, 0.1) is 11.6 Å². The quantitative estimate of drug-likeness (QED) is 0.839. The third-order valence-electron chi connectivity index (χ3n) is 3.38. The van der Waals surface area contributed by atoms with Crippen LogP contribution < -0.4 is 0 Å². The number of hydrogen-bond donors (Lipinski definition) is 0. The summed E-state index contributed by atoms with van der Waals surface area (Å²) in [6.07, 6.45) is 3.91. The van der Waals surface area contributed by atoms with Crippen LogP contribution in [0.2, 0.25) is 0 Å². The van der Waals surface area contributed by atoms with Crippen molar-refractivity contribution in [1.82, 2.24) is 19.9 Å². The van der Waals surface area contributed by atoms with Gasteiger partial charge >= 0.3 is 0 Å². The van der Waals surface area contributed by atoms with Crippen molar-refractivity contribution in [2.75, 3.05) is 13.1 Å². The number of rotatable bonds is 2. The normalized spacial score (nSPS) is 18.5. The molecule has 0 bridgehead atoms. The van der Waals surface area contributed by atoms with Crippen LogP contribution >= 0.6 is 0 Å². The van der Waals surface area contributed by atoms with E-state index in [1.165, 1.54) is 6.07 Å². The molecule has 0 N–H and O–H groups in total. The van der Waals surface area contributed by atoms with Crippen molar-refractivity contribution in [3.8, 4) is 0 Å². The van der Waals surface area contributed by atoms with Crippen molar-refractivity contribution < 1.29 is 13.6 Å². The molecule has 1 fully saturated rings. The summed E-state index contributed by atoms with van der Waals surface area (Å²) < 4.78 is 26.0. The molecule has 7 heteroatoms. The summed E-state index contributed by atoms with van der Waals surface area (Å²) in [5, 5.41) is 8.10. The van der Waals surface area contributed by atoms with Crippen molar-refractivity contribution in [2.24, 2.45) is 0 Å². The highest BCUT2D eigenvalue weighted by molar-refractivity contribution is 5.94. The molecule has 1 amide bonds. The minimum absolute atomic E-state index is 0.0271. The first kappa shape index (κ1) is 12.7. The molecular weight excluding hydrogens is 266 g/mol. The van der Waals surface area contributed by atoms with Crippen LogP contribution in [0.25, 0.3) is 0 Å². The maximum Gasteiger partial charge on any atom is 0.254 e. The standard InChI is InChI=1S/C13H12F2N4O/c14-11-2-1-9(7-12(11)15)13(20)18-6-3-10(8-18)19-16-4-5-17-19/h1-2,4-5,7,10H,3,6,8H2. The maximum absolute atomic E-state index is 13.2. The van der Waals surface area contributed by atoms with Gasteiger partial charge in [0.05, 0.1) is 18.4 Å². The van der Waals surface area contributed by atoms with Crippen molar-refractivity contribution in [2.45, 2.75) is 12.5 Å². The molecule has 1 aliphatic heterocycles. The molecular formula is C13H12F2N4O. The second kappa shape index (κ2) is 4.99. The summed E-state index contributed by atoms with van der Waals surface area (Å²) in [5.74, 6) is -2.28. The van der Waals surface area contributed by atoms with E-state index in [-0.39, 0.29) is 17.5 Å². The fourth-order valence-electron chi connectivity index (χ4n) is 2.34. The van der Waals surface area contributed by atoms with Gasteiger partial charge in [-0.1, -0.05) is 0 Å². The zero-order valence-electron chi connectivity index (χ0n) is 10.5. The number of carbonyl (C=O) groups is 1. The van der Waals surface area contributed by atoms with Gasteiger partial charge in [0.15, 0.2) is 11.6 Å². The lowest BCUT2D eigenvalue weighted by atomic mass is 10.2. The average molecular weight is 278 g/mol. The molecule has 20 heavy (non-hydrogen) atoms. The van der Waals surface area contributed by atoms with Crippen LogP contribution in [0.1, 0.15) is 22.8 Å². The monoisotopic (exact) mass is 278 g/mol. The zero-order chi connectivity index (χ0) is 14.1.